The van der Waals surface area contributed by atoms with Crippen molar-refractivity contribution >= 4 is 28.3 Å². The lowest BCUT2D eigenvalue weighted by atomic mass is 10.1. The quantitative estimate of drug-likeness (QED) is 0.686. The molecule has 1 aliphatic heterocycles. The molecular weight excluding hydrogens is 388 g/mol. The van der Waals surface area contributed by atoms with Gasteiger partial charge in [-0.1, -0.05) is 6.92 Å². The molecule has 1 aliphatic carbocycles. The van der Waals surface area contributed by atoms with E-state index >= 15 is 0 Å². The number of piperazine rings is 1. The maximum Gasteiger partial charge on any atom is 0.256 e. The van der Waals surface area contributed by atoms with Gasteiger partial charge in [-0.3, -0.25) is 9.48 Å². The van der Waals surface area contributed by atoms with Crippen molar-refractivity contribution in [3.05, 3.63) is 47.3 Å². The maximum absolute atomic E-state index is 13.2. The number of carbonyl (C=O) groups is 1. The van der Waals surface area contributed by atoms with Crippen LogP contribution in [0, 0.1) is 6.92 Å². The van der Waals surface area contributed by atoms with E-state index in [1.807, 2.05) is 32.2 Å². The SMILES string of the molecule is CCN1CCN(c2ccc(NC(=O)c3cc(C4CC4)nc4c3c(C)nn4C)cc2)CC1. The number of likely N-dealkylation sites (N-methyl/N-ethyl adjacent to an activating group) is 1. The van der Waals surface area contributed by atoms with Crippen molar-refractivity contribution in [1.82, 2.24) is 19.7 Å². The predicted octanol–water partition coefficient (Wildman–Crippen LogP) is 3.55. The Bertz CT molecular complexity index is 1110. The van der Waals surface area contributed by atoms with Crippen molar-refractivity contribution in [2.45, 2.75) is 32.6 Å². The molecule has 0 spiro atoms. The van der Waals surface area contributed by atoms with Crippen molar-refractivity contribution in [3.8, 4) is 0 Å². The van der Waals surface area contributed by atoms with Crippen LogP contribution in [0.2, 0.25) is 0 Å². The van der Waals surface area contributed by atoms with Crippen LogP contribution in [0.1, 0.15) is 47.4 Å². The van der Waals surface area contributed by atoms with Crippen LogP contribution in [-0.4, -0.2) is 58.3 Å². The summed E-state index contributed by atoms with van der Waals surface area (Å²) in [6, 6.07) is 10.2. The molecule has 0 bridgehead atoms. The van der Waals surface area contributed by atoms with Gasteiger partial charge in [0.15, 0.2) is 5.65 Å². The molecule has 1 amide bonds. The topological polar surface area (TPSA) is 66.3 Å². The molecule has 162 valence electrons. The smallest absolute Gasteiger partial charge is 0.256 e. The van der Waals surface area contributed by atoms with Gasteiger partial charge in [0, 0.05) is 56.2 Å². The number of aryl methyl sites for hydroxylation is 2. The number of rotatable bonds is 5. The number of carbonyl (C=O) groups excluding carboxylic acids is 1. The standard InChI is InChI=1S/C24H30N6O/c1-4-29-11-13-30(14-12-29)19-9-7-18(8-10-19)25-24(31)20-15-21(17-5-6-17)26-23-22(20)16(2)27-28(23)3/h7-10,15,17H,4-6,11-14H2,1-3H3,(H,25,31). The third-order valence-corrected chi connectivity index (χ3v) is 6.54. The van der Waals surface area contributed by atoms with Crippen LogP contribution >= 0.6 is 0 Å². The van der Waals surface area contributed by atoms with E-state index in [9.17, 15) is 4.79 Å². The molecule has 31 heavy (non-hydrogen) atoms. The second-order valence-corrected chi connectivity index (χ2v) is 8.70. The molecular formula is C24H30N6O. The molecule has 0 radical (unpaired) electrons. The lowest BCUT2D eigenvalue weighted by Gasteiger charge is -2.35. The highest BCUT2D eigenvalue weighted by molar-refractivity contribution is 6.12. The summed E-state index contributed by atoms with van der Waals surface area (Å²) in [6.07, 6.45) is 2.29. The third-order valence-electron chi connectivity index (χ3n) is 6.54. The molecule has 2 fully saturated rings. The molecule has 1 N–H and O–H groups in total. The largest absolute Gasteiger partial charge is 0.369 e. The predicted molar refractivity (Wildman–Crippen MR) is 124 cm³/mol. The summed E-state index contributed by atoms with van der Waals surface area (Å²) in [5, 5.41) is 8.43. The second kappa shape index (κ2) is 7.96. The number of amides is 1. The lowest BCUT2D eigenvalue weighted by Crippen LogP contribution is -2.46. The minimum Gasteiger partial charge on any atom is -0.369 e. The van der Waals surface area contributed by atoms with Crippen LogP contribution < -0.4 is 10.2 Å². The first kappa shape index (κ1) is 20.0. The highest BCUT2D eigenvalue weighted by Crippen LogP contribution is 2.40. The Hall–Kier alpha value is -2.93. The van der Waals surface area contributed by atoms with Crippen molar-refractivity contribution in [1.29, 1.82) is 0 Å². The fourth-order valence-electron chi connectivity index (χ4n) is 4.51. The number of pyridine rings is 1. The third kappa shape index (κ3) is 3.90. The van der Waals surface area contributed by atoms with Crippen molar-refractivity contribution in [2.75, 3.05) is 42.9 Å². The lowest BCUT2D eigenvalue weighted by molar-refractivity contribution is 0.102. The van der Waals surface area contributed by atoms with Gasteiger partial charge in [-0.15, -0.1) is 0 Å². The van der Waals surface area contributed by atoms with E-state index in [1.54, 1.807) is 4.68 Å². The van der Waals surface area contributed by atoms with Crippen LogP contribution in [0.4, 0.5) is 11.4 Å². The van der Waals surface area contributed by atoms with Gasteiger partial charge in [-0.2, -0.15) is 5.10 Å². The van der Waals surface area contributed by atoms with E-state index in [0.717, 1.165) is 73.7 Å². The summed E-state index contributed by atoms with van der Waals surface area (Å²) < 4.78 is 1.78. The Morgan fingerprint density at radius 2 is 1.84 bits per heavy atom. The van der Waals surface area contributed by atoms with Crippen LogP contribution in [0.15, 0.2) is 30.3 Å². The minimum atomic E-state index is -0.102. The van der Waals surface area contributed by atoms with Gasteiger partial charge < -0.3 is 15.1 Å². The van der Waals surface area contributed by atoms with Crippen LogP contribution in [-0.2, 0) is 7.05 Å². The second-order valence-electron chi connectivity index (χ2n) is 8.70. The molecule has 7 nitrogen and oxygen atoms in total. The summed E-state index contributed by atoms with van der Waals surface area (Å²) in [7, 11) is 1.89. The number of hydrogen-bond acceptors (Lipinski definition) is 5. The molecule has 3 aromatic rings. The number of fused-ring (bicyclic) bond motifs is 1. The molecule has 2 aromatic heterocycles. The van der Waals surface area contributed by atoms with Crippen LogP contribution in [0.5, 0.6) is 0 Å². The molecule has 0 unspecified atom stereocenters. The first-order valence-corrected chi connectivity index (χ1v) is 11.3. The summed E-state index contributed by atoms with van der Waals surface area (Å²) in [5.41, 5.74) is 5.30. The number of benzene rings is 1. The Kier molecular flexibility index (Phi) is 5.14. The van der Waals surface area contributed by atoms with E-state index in [-0.39, 0.29) is 5.91 Å². The summed E-state index contributed by atoms with van der Waals surface area (Å²) >= 11 is 0. The summed E-state index contributed by atoms with van der Waals surface area (Å²) in [6.45, 7) is 9.54. The van der Waals surface area contributed by atoms with Gasteiger partial charge in [0.05, 0.1) is 16.6 Å². The van der Waals surface area contributed by atoms with Gasteiger partial charge >= 0.3 is 0 Å². The first-order valence-electron chi connectivity index (χ1n) is 11.3. The Morgan fingerprint density at radius 3 is 2.48 bits per heavy atom. The van der Waals surface area contributed by atoms with Crippen molar-refractivity contribution in [3.63, 3.8) is 0 Å². The minimum absolute atomic E-state index is 0.102. The van der Waals surface area contributed by atoms with Gasteiger partial charge in [-0.05, 0) is 56.6 Å². The normalized spacial score (nSPS) is 17.3. The van der Waals surface area contributed by atoms with Gasteiger partial charge in [-0.25, -0.2) is 4.98 Å². The van der Waals surface area contributed by atoms with Crippen LogP contribution in [0.3, 0.4) is 0 Å². The monoisotopic (exact) mass is 418 g/mol. The van der Waals surface area contributed by atoms with Crippen LogP contribution in [0.25, 0.3) is 11.0 Å². The summed E-state index contributed by atoms with van der Waals surface area (Å²) in [4.78, 5) is 22.9. The zero-order chi connectivity index (χ0) is 21.5. The molecule has 1 saturated heterocycles. The zero-order valence-corrected chi connectivity index (χ0v) is 18.6. The highest BCUT2D eigenvalue weighted by atomic mass is 16.1. The van der Waals surface area contributed by atoms with Crippen molar-refractivity contribution < 1.29 is 4.79 Å². The zero-order valence-electron chi connectivity index (χ0n) is 18.6. The Balaban J connectivity index is 1.36. The molecule has 7 heteroatoms. The first-order chi connectivity index (χ1) is 15.0. The fourth-order valence-corrected chi connectivity index (χ4v) is 4.51. The highest BCUT2D eigenvalue weighted by Gasteiger charge is 2.28. The average Bonchev–Trinajstić information content (AvgIpc) is 3.60. The molecule has 5 rings (SSSR count). The molecule has 1 saturated carbocycles. The number of nitrogens with one attached hydrogen (secondary N) is 1. The number of nitrogens with zero attached hydrogens (tertiary/aromatic N) is 5. The van der Waals surface area contributed by atoms with Gasteiger partial charge in [0.25, 0.3) is 5.91 Å². The number of anilines is 2. The molecule has 1 aromatic carbocycles. The fraction of sp³-hybridized carbons (Fsp3) is 0.458. The van der Waals surface area contributed by atoms with Gasteiger partial charge in [0.1, 0.15) is 0 Å². The Morgan fingerprint density at radius 1 is 1.13 bits per heavy atom. The maximum atomic E-state index is 13.2. The molecule has 0 atom stereocenters. The number of aromatic nitrogens is 3. The summed E-state index contributed by atoms with van der Waals surface area (Å²) in [5.74, 6) is 0.369. The van der Waals surface area contributed by atoms with E-state index in [4.69, 9.17) is 4.98 Å². The van der Waals surface area contributed by atoms with Gasteiger partial charge in [0.2, 0.25) is 0 Å². The van der Waals surface area contributed by atoms with E-state index in [2.05, 4.69) is 39.3 Å². The van der Waals surface area contributed by atoms with E-state index < -0.39 is 0 Å². The Labute approximate surface area is 183 Å². The van der Waals surface area contributed by atoms with E-state index in [0.29, 0.717) is 11.5 Å². The van der Waals surface area contributed by atoms with E-state index in [1.165, 1.54) is 5.69 Å². The molecule has 2 aliphatic rings. The average molecular weight is 419 g/mol. The number of hydrogen-bond donors (Lipinski definition) is 1. The molecule has 3 heterocycles. The van der Waals surface area contributed by atoms with Crippen molar-refractivity contribution in [2.24, 2.45) is 7.05 Å².